The van der Waals surface area contributed by atoms with Crippen molar-refractivity contribution in [3.63, 3.8) is 0 Å². The van der Waals surface area contributed by atoms with Gasteiger partial charge in [-0.2, -0.15) is 0 Å². The SMILES string of the molecule is CC1CCCC(C)N1n1c(=S)[nH]c2c(Cl)cccc21. The Morgan fingerprint density at radius 3 is 2.63 bits per heavy atom. The molecule has 1 aromatic carbocycles. The average Bonchev–Trinajstić information content (AvgIpc) is 2.68. The summed E-state index contributed by atoms with van der Waals surface area (Å²) in [6.45, 7) is 4.53. The summed E-state index contributed by atoms with van der Waals surface area (Å²) in [6, 6.07) is 6.93. The summed E-state index contributed by atoms with van der Waals surface area (Å²) in [5.74, 6) is 0. The van der Waals surface area contributed by atoms with Crippen molar-refractivity contribution in [2.45, 2.75) is 45.2 Å². The minimum absolute atomic E-state index is 0.494. The number of H-pyrrole nitrogens is 1. The van der Waals surface area contributed by atoms with Gasteiger partial charge in [0.1, 0.15) is 0 Å². The largest absolute Gasteiger partial charge is 0.328 e. The summed E-state index contributed by atoms with van der Waals surface area (Å²) in [4.78, 5) is 3.24. The summed E-state index contributed by atoms with van der Waals surface area (Å²) in [5, 5.41) is 3.11. The topological polar surface area (TPSA) is 24.0 Å². The number of benzene rings is 1. The molecule has 0 spiro atoms. The van der Waals surface area contributed by atoms with Crippen LogP contribution in [-0.4, -0.2) is 21.7 Å². The van der Waals surface area contributed by atoms with Crippen LogP contribution in [0.3, 0.4) is 0 Å². The maximum Gasteiger partial charge on any atom is 0.197 e. The average molecular weight is 296 g/mol. The van der Waals surface area contributed by atoms with Crippen LogP contribution in [0.2, 0.25) is 5.02 Å². The summed E-state index contributed by atoms with van der Waals surface area (Å²) < 4.78 is 2.86. The van der Waals surface area contributed by atoms with Gasteiger partial charge in [0.25, 0.3) is 0 Å². The molecule has 0 amide bonds. The molecule has 1 N–H and O–H groups in total. The van der Waals surface area contributed by atoms with Gasteiger partial charge in [-0.15, -0.1) is 0 Å². The molecule has 2 atom stereocenters. The van der Waals surface area contributed by atoms with Crippen molar-refractivity contribution >= 4 is 34.9 Å². The van der Waals surface area contributed by atoms with Crippen molar-refractivity contribution in [1.82, 2.24) is 9.66 Å². The molecule has 0 saturated carbocycles. The molecule has 102 valence electrons. The zero-order chi connectivity index (χ0) is 13.6. The Labute approximate surface area is 123 Å². The van der Waals surface area contributed by atoms with Crippen molar-refractivity contribution in [2.24, 2.45) is 0 Å². The molecule has 2 unspecified atom stereocenters. The molecule has 1 fully saturated rings. The minimum atomic E-state index is 0.494. The first-order valence-corrected chi connectivity index (χ1v) is 7.56. The summed E-state index contributed by atoms with van der Waals surface area (Å²) in [6.07, 6.45) is 3.70. The van der Waals surface area contributed by atoms with Gasteiger partial charge in [0, 0.05) is 12.1 Å². The fourth-order valence-corrected chi connectivity index (χ4v) is 3.62. The number of nitrogens with one attached hydrogen (secondary N) is 1. The van der Waals surface area contributed by atoms with Crippen molar-refractivity contribution in [1.29, 1.82) is 0 Å². The van der Waals surface area contributed by atoms with E-state index in [1.165, 1.54) is 19.3 Å². The van der Waals surface area contributed by atoms with Crippen LogP contribution in [-0.2, 0) is 0 Å². The van der Waals surface area contributed by atoms with Gasteiger partial charge in [0.2, 0.25) is 0 Å². The zero-order valence-electron chi connectivity index (χ0n) is 11.2. The predicted molar refractivity (Wildman–Crippen MR) is 83.1 cm³/mol. The predicted octanol–water partition coefficient (Wildman–Crippen LogP) is 4.25. The summed E-state index contributed by atoms with van der Waals surface area (Å²) >= 11 is 11.8. The number of fused-ring (bicyclic) bond motifs is 1. The van der Waals surface area contributed by atoms with Crippen molar-refractivity contribution in [3.8, 4) is 0 Å². The van der Waals surface area contributed by atoms with Crippen LogP contribution in [0.15, 0.2) is 18.2 Å². The van der Waals surface area contributed by atoms with Gasteiger partial charge in [0.05, 0.1) is 16.1 Å². The highest BCUT2D eigenvalue weighted by Gasteiger charge is 2.27. The summed E-state index contributed by atoms with van der Waals surface area (Å²) in [5.41, 5.74) is 2.00. The van der Waals surface area contributed by atoms with Crippen LogP contribution in [0.25, 0.3) is 11.0 Å². The third kappa shape index (κ3) is 2.07. The highest BCUT2D eigenvalue weighted by molar-refractivity contribution is 7.71. The number of para-hydroxylation sites is 1. The van der Waals surface area contributed by atoms with E-state index in [-0.39, 0.29) is 0 Å². The number of aromatic nitrogens is 2. The smallest absolute Gasteiger partial charge is 0.197 e. The van der Waals surface area contributed by atoms with Gasteiger partial charge in [-0.25, -0.2) is 4.68 Å². The number of halogens is 1. The van der Waals surface area contributed by atoms with E-state index in [0.29, 0.717) is 12.1 Å². The highest BCUT2D eigenvalue weighted by atomic mass is 35.5. The zero-order valence-corrected chi connectivity index (χ0v) is 12.8. The van der Waals surface area contributed by atoms with E-state index in [4.69, 9.17) is 23.8 Å². The monoisotopic (exact) mass is 295 g/mol. The fourth-order valence-electron chi connectivity index (χ4n) is 3.11. The second kappa shape index (κ2) is 4.84. The molecule has 2 aromatic rings. The first kappa shape index (κ1) is 13.0. The van der Waals surface area contributed by atoms with Gasteiger partial charge in [-0.05, 0) is 57.5 Å². The van der Waals surface area contributed by atoms with Gasteiger partial charge in [0.15, 0.2) is 4.77 Å². The van der Waals surface area contributed by atoms with Crippen molar-refractivity contribution in [3.05, 3.63) is 28.0 Å². The van der Waals surface area contributed by atoms with Crippen LogP contribution in [0.1, 0.15) is 33.1 Å². The molecule has 0 bridgehead atoms. The first-order valence-electron chi connectivity index (χ1n) is 6.77. The lowest BCUT2D eigenvalue weighted by molar-refractivity contribution is 0.339. The van der Waals surface area contributed by atoms with Crippen molar-refractivity contribution < 1.29 is 0 Å². The van der Waals surface area contributed by atoms with Gasteiger partial charge >= 0.3 is 0 Å². The summed E-state index contributed by atoms with van der Waals surface area (Å²) in [7, 11) is 0. The van der Waals surface area contributed by atoms with E-state index in [1.807, 2.05) is 12.1 Å². The molecule has 19 heavy (non-hydrogen) atoms. The Kier molecular flexibility index (Phi) is 3.31. The third-order valence-electron chi connectivity index (χ3n) is 4.02. The van der Waals surface area contributed by atoms with E-state index >= 15 is 0 Å². The second-order valence-corrected chi connectivity index (χ2v) is 6.18. The number of hydrogen-bond donors (Lipinski definition) is 1. The van der Waals surface area contributed by atoms with E-state index in [1.54, 1.807) is 0 Å². The number of piperidine rings is 1. The van der Waals surface area contributed by atoms with Crippen LogP contribution in [0.5, 0.6) is 0 Å². The number of nitrogens with zero attached hydrogens (tertiary/aromatic N) is 2. The highest BCUT2D eigenvalue weighted by Crippen LogP contribution is 2.27. The van der Waals surface area contributed by atoms with Gasteiger partial charge in [-0.3, -0.25) is 0 Å². The van der Waals surface area contributed by atoms with Crippen LogP contribution < -0.4 is 5.01 Å². The molecule has 1 aromatic heterocycles. The fraction of sp³-hybridized carbons (Fsp3) is 0.500. The molecule has 0 aliphatic carbocycles. The Morgan fingerprint density at radius 2 is 1.95 bits per heavy atom. The van der Waals surface area contributed by atoms with Crippen LogP contribution in [0.4, 0.5) is 0 Å². The maximum absolute atomic E-state index is 6.24. The molecule has 2 heterocycles. The lowest BCUT2D eigenvalue weighted by atomic mass is 10.00. The first-order chi connectivity index (χ1) is 9.09. The Hall–Kier alpha value is -1.00. The molecule has 1 aliphatic rings. The maximum atomic E-state index is 6.24. The molecule has 1 aliphatic heterocycles. The van der Waals surface area contributed by atoms with Crippen LogP contribution >= 0.6 is 23.8 Å². The molecule has 1 saturated heterocycles. The number of aromatic amines is 1. The molecule has 5 heteroatoms. The molecular formula is C14H18ClN3S. The lowest BCUT2D eigenvalue weighted by Gasteiger charge is -2.41. The van der Waals surface area contributed by atoms with Crippen molar-refractivity contribution in [2.75, 3.05) is 5.01 Å². The molecular weight excluding hydrogens is 278 g/mol. The van der Waals surface area contributed by atoms with Crippen LogP contribution in [0, 0.1) is 4.77 Å². The Balaban J connectivity index is 2.22. The number of rotatable bonds is 1. The quantitative estimate of drug-likeness (QED) is 0.795. The molecule has 3 nitrogen and oxygen atoms in total. The van der Waals surface area contributed by atoms with E-state index in [9.17, 15) is 0 Å². The Bertz CT molecular complexity index is 650. The molecule has 3 rings (SSSR count). The number of hydrogen-bond acceptors (Lipinski definition) is 2. The van der Waals surface area contributed by atoms with E-state index in [0.717, 1.165) is 20.8 Å². The van der Waals surface area contributed by atoms with E-state index < -0.39 is 0 Å². The second-order valence-electron chi connectivity index (χ2n) is 5.38. The minimum Gasteiger partial charge on any atom is -0.328 e. The lowest BCUT2D eigenvalue weighted by Crippen LogP contribution is -2.50. The molecule has 0 radical (unpaired) electrons. The number of imidazole rings is 1. The third-order valence-corrected chi connectivity index (χ3v) is 4.61. The Morgan fingerprint density at radius 1 is 1.26 bits per heavy atom. The normalized spacial score (nSPS) is 24.1. The van der Waals surface area contributed by atoms with Gasteiger partial charge < -0.3 is 9.99 Å². The standard InChI is InChI=1S/C14H18ClN3S/c1-9-5-3-6-10(2)17(9)18-12-8-4-7-11(15)13(12)16-14(18)19/h4,7-10H,3,5-6H2,1-2H3,(H,16,19). The van der Waals surface area contributed by atoms with Gasteiger partial charge in [-0.1, -0.05) is 17.7 Å². The van der Waals surface area contributed by atoms with E-state index in [2.05, 4.69) is 34.6 Å².